The van der Waals surface area contributed by atoms with Crippen LogP contribution in [0.5, 0.6) is 5.75 Å². The smallest absolute Gasteiger partial charge is 0.344 e. The Morgan fingerprint density at radius 1 is 1.14 bits per heavy atom. The van der Waals surface area contributed by atoms with Gasteiger partial charge < -0.3 is 20.5 Å². The number of anilines is 1. The molecule has 6 heteroatoms. The van der Waals surface area contributed by atoms with Gasteiger partial charge in [0.15, 0.2) is 13.2 Å². The predicted octanol–water partition coefficient (Wildman–Crippen LogP) is 1.25. The zero-order valence-corrected chi connectivity index (χ0v) is 11.8. The number of benzene rings is 1. The van der Waals surface area contributed by atoms with Crippen molar-refractivity contribution >= 4 is 17.6 Å². The van der Waals surface area contributed by atoms with Gasteiger partial charge in [-0.2, -0.15) is 0 Å². The molecule has 1 saturated carbocycles. The van der Waals surface area contributed by atoms with E-state index in [1.54, 1.807) is 24.3 Å². The van der Waals surface area contributed by atoms with Crippen molar-refractivity contribution in [2.24, 2.45) is 0 Å². The van der Waals surface area contributed by atoms with Gasteiger partial charge in [0.25, 0.3) is 5.91 Å². The third-order valence-electron chi connectivity index (χ3n) is 3.32. The summed E-state index contributed by atoms with van der Waals surface area (Å²) in [5, 5.41) is 2.84. The Balaban J connectivity index is 1.62. The number of nitrogen functional groups attached to an aromatic ring is 1. The van der Waals surface area contributed by atoms with Crippen LogP contribution in [0.3, 0.4) is 0 Å². The summed E-state index contributed by atoms with van der Waals surface area (Å²) >= 11 is 0. The van der Waals surface area contributed by atoms with Crippen LogP contribution in [0.2, 0.25) is 0 Å². The number of nitrogens with two attached hydrogens (primary N) is 1. The second-order valence-electron chi connectivity index (χ2n) is 5.07. The standard InChI is InChI=1S/C15H20N2O4/c16-11-5-7-13(8-6-11)20-10-15(19)21-9-14(18)17-12-3-1-2-4-12/h5-8,12H,1-4,9-10,16H2,(H,17,18). The van der Waals surface area contributed by atoms with Crippen molar-refractivity contribution in [2.75, 3.05) is 18.9 Å². The van der Waals surface area contributed by atoms with Crippen LogP contribution < -0.4 is 15.8 Å². The molecule has 0 radical (unpaired) electrons. The van der Waals surface area contributed by atoms with Crippen LogP contribution in [0.4, 0.5) is 5.69 Å². The highest BCUT2D eigenvalue weighted by Crippen LogP contribution is 2.17. The lowest BCUT2D eigenvalue weighted by Gasteiger charge is -2.12. The molecule has 6 nitrogen and oxygen atoms in total. The van der Waals surface area contributed by atoms with Gasteiger partial charge in [0.05, 0.1) is 0 Å². The molecule has 2 rings (SSSR count). The fourth-order valence-electron chi connectivity index (χ4n) is 2.23. The monoisotopic (exact) mass is 292 g/mol. The van der Waals surface area contributed by atoms with Gasteiger partial charge in [0.1, 0.15) is 5.75 Å². The van der Waals surface area contributed by atoms with Crippen LogP contribution in [0.15, 0.2) is 24.3 Å². The van der Waals surface area contributed by atoms with Crippen molar-refractivity contribution in [3.63, 3.8) is 0 Å². The molecule has 1 aromatic rings. The summed E-state index contributed by atoms with van der Waals surface area (Å²) in [7, 11) is 0. The first-order valence-corrected chi connectivity index (χ1v) is 7.07. The van der Waals surface area contributed by atoms with Crippen LogP contribution in [-0.4, -0.2) is 31.1 Å². The van der Waals surface area contributed by atoms with Crippen molar-refractivity contribution in [2.45, 2.75) is 31.7 Å². The van der Waals surface area contributed by atoms with E-state index < -0.39 is 5.97 Å². The van der Waals surface area contributed by atoms with Gasteiger partial charge >= 0.3 is 5.97 Å². The molecular formula is C15H20N2O4. The normalized spacial score (nSPS) is 14.7. The molecule has 0 heterocycles. The second kappa shape index (κ2) is 7.52. The largest absolute Gasteiger partial charge is 0.482 e. The zero-order valence-electron chi connectivity index (χ0n) is 11.8. The van der Waals surface area contributed by atoms with Gasteiger partial charge in [-0.3, -0.25) is 4.79 Å². The molecule has 1 aliphatic carbocycles. The fourth-order valence-corrected chi connectivity index (χ4v) is 2.23. The number of hydrogen-bond donors (Lipinski definition) is 2. The van der Waals surface area contributed by atoms with Gasteiger partial charge in [-0.1, -0.05) is 12.8 Å². The maximum atomic E-state index is 11.6. The first-order chi connectivity index (χ1) is 10.1. The SMILES string of the molecule is Nc1ccc(OCC(=O)OCC(=O)NC2CCCC2)cc1. The van der Waals surface area contributed by atoms with Crippen molar-refractivity contribution in [3.05, 3.63) is 24.3 Å². The topological polar surface area (TPSA) is 90.7 Å². The lowest BCUT2D eigenvalue weighted by atomic mass is 10.2. The predicted molar refractivity (Wildman–Crippen MR) is 77.7 cm³/mol. The number of esters is 1. The molecule has 0 bridgehead atoms. The first-order valence-electron chi connectivity index (χ1n) is 7.07. The minimum atomic E-state index is -0.576. The highest BCUT2D eigenvalue weighted by Gasteiger charge is 2.17. The van der Waals surface area contributed by atoms with Gasteiger partial charge in [-0.05, 0) is 37.1 Å². The van der Waals surface area contributed by atoms with E-state index in [0.717, 1.165) is 25.7 Å². The summed E-state index contributed by atoms with van der Waals surface area (Å²) in [5.74, 6) is -0.312. The molecular weight excluding hydrogens is 272 g/mol. The Morgan fingerprint density at radius 2 is 1.81 bits per heavy atom. The summed E-state index contributed by atoms with van der Waals surface area (Å²) in [4.78, 5) is 23.0. The van der Waals surface area contributed by atoms with Crippen molar-refractivity contribution in [3.8, 4) is 5.75 Å². The third kappa shape index (κ3) is 5.33. The first kappa shape index (κ1) is 15.2. The van der Waals surface area contributed by atoms with Crippen molar-refractivity contribution < 1.29 is 19.1 Å². The number of hydrogen-bond acceptors (Lipinski definition) is 5. The number of rotatable bonds is 6. The molecule has 0 spiro atoms. The molecule has 1 amide bonds. The van der Waals surface area contributed by atoms with Gasteiger partial charge in [-0.25, -0.2) is 4.79 Å². The van der Waals surface area contributed by atoms with Gasteiger partial charge in [0.2, 0.25) is 0 Å². The number of carbonyl (C=O) groups excluding carboxylic acids is 2. The fraction of sp³-hybridized carbons (Fsp3) is 0.467. The molecule has 0 saturated heterocycles. The third-order valence-corrected chi connectivity index (χ3v) is 3.32. The maximum absolute atomic E-state index is 11.6. The molecule has 0 aromatic heterocycles. The van der Waals surface area contributed by atoms with E-state index in [1.807, 2.05) is 0 Å². The highest BCUT2D eigenvalue weighted by molar-refractivity contribution is 5.81. The number of ether oxygens (including phenoxy) is 2. The second-order valence-corrected chi connectivity index (χ2v) is 5.07. The lowest BCUT2D eigenvalue weighted by Crippen LogP contribution is -2.36. The molecule has 1 fully saturated rings. The van der Waals surface area contributed by atoms with E-state index in [9.17, 15) is 9.59 Å². The zero-order chi connectivity index (χ0) is 15.1. The summed E-state index contributed by atoms with van der Waals surface area (Å²) < 4.78 is 10.1. The van der Waals surface area contributed by atoms with E-state index in [2.05, 4.69) is 5.32 Å². The van der Waals surface area contributed by atoms with Crippen molar-refractivity contribution in [1.82, 2.24) is 5.32 Å². The molecule has 0 aliphatic heterocycles. The number of amides is 1. The molecule has 1 aliphatic rings. The molecule has 0 unspecified atom stereocenters. The minimum absolute atomic E-state index is 0.224. The van der Waals surface area contributed by atoms with E-state index in [4.69, 9.17) is 15.2 Å². The highest BCUT2D eigenvalue weighted by atomic mass is 16.6. The molecule has 21 heavy (non-hydrogen) atoms. The van der Waals surface area contributed by atoms with E-state index in [-0.39, 0.29) is 25.2 Å². The molecule has 0 atom stereocenters. The summed E-state index contributed by atoms with van der Waals surface area (Å²) in [6, 6.07) is 6.90. The van der Waals surface area contributed by atoms with Crippen LogP contribution in [-0.2, 0) is 14.3 Å². The minimum Gasteiger partial charge on any atom is -0.482 e. The molecule has 114 valence electrons. The summed E-state index contributed by atoms with van der Waals surface area (Å²) in [6.45, 7) is -0.499. The van der Waals surface area contributed by atoms with Crippen LogP contribution in [0.25, 0.3) is 0 Å². The Hall–Kier alpha value is -2.24. The van der Waals surface area contributed by atoms with E-state index in [0.29, 0.717) is 11.4 Å². The number of carbonyl (C=O) groups is 2. The Labute approximate surface area is 123 Å². The molecule has 3 N–H and O–H groups in total. The Morgan fingerprint density at radius 3 is 2.48 bits per heavy atom. The van der Waals surface area contributed by atoms with Gasteiger partial charge in [0, 0.05) is 11.7 Å². The Kier molecular flexibility index (Phi) is 5.43. The van der Waals surface area contributed by atoms with E-state index in [1.165, 1.54) is 0 Å². The van der Waals surface area contributed by atoms with Crippen LogP contribution >= 0.6 is 0 Å². The van der Waals surface area contributed by atoms with Crippen LogP contribution in [0.1, 0.15) is 25.7 Å². The summed E-state index contributed by atoms with van der Waals surface area (Å²) in [6.07, 6.45) is 4.28. The maximum Gasteiger partial charge on any atom is 0.344 e. The van der Waals surface area contributed by atoms with Gasteiger partial charge in [-0.15, -0.1) is 0 Å². The quantitative estimate of drug-likeness (QED) is 0.608. The van der Waals surface area contributed by atoms with Crippen LogP contribution in [0, 0.1) is 0 Å². The lowest BCUT2D eigenvalue weighted by molar-refractivity contribution is -0.150. The average Bonchev–Trinajstić information content (AvgIpc) is 2.97. The number of nitrogens with one attached hydrogen (secondary N) is 1. The molecule has 1 aromatic carbocycles. The average molecular weight is 292 g/mol. The van der Waals surface area contributed by atoms with E-state index >= 15 is 0 Å². The summed E-state index contributed by atoms with van der Waals surface area (Å²) in [5.41, 5.74) is 6.16. The van der Waals surface area contributed by atoms with Crippen molar-refractivity contribution in [1.29, 1.82) is 0 Å². The Bertz CT molecular complexity index is 481.